The van der Waals surface area contributed by atoms with Crippen LogP contribution in [0.1, 0.15) is 19.8 Å². The van der Waals surface area contributed by atoms with Crippen LogP contribution in [0.15, 0.2) is 52.4 Å². The van der Waals surface area contributed by atoms with E-state index >= 15 is 0 Å². The van der Waals surface area contributed by atoms with E-state index in [9.17, 15) is 13.2 Å². The van der Waals surface area contributed by atoms with Crippen molar-refractivity contribution in [1.29, 1.82) is 0 Å². The predicted octanol–water partition coefficient (Wildman–Crippen LogP) is 4.31. The molecule has 3 aromatic rings. The summed E-state index contributed by atoms with van der Waals surface area (Å²) in [5, 5.41) is 1.06. The maximum absolute atomic E-state index is 13.1. The Bertz CT molecular complexity index is 1280. The third kappa shape index (κ3) is 3.94. The number of aryl methyl sites for hydroxylation is 1. The number of carbonyl (C=O) groups is 1. The third-order valence-electron chi connectivity index (χ3n) is 5.08. The molecule has 1 amide bonds. The van der Waals surface area contributed by atoms with Gasteiger partial charge in [0.05, 0.1) is 15.1 Å². The number of hydrogen-bond acceptors (Lipinski definition) is 4. The first-order valence-electron chi connectivity index (χ1n) is 9.46. The molecule has 30 heavy (non-hydrogen) atoms. The molecule has 0 bridgehead atoms. The van der Waals surface area contributed by atoms with Crippen molar-refractivity contribution in [3.05, 3.63) is 57.3 Å². The Kier molecular flexibility index (Phi) is 6.05. The lowest BCUT2D eigenvalue weighted by Crippen LogP contribution is -2.40. The summed E-state index contributed by atoms with van der Waals surface area (Å²) in [5.74, 6) is -0.454. The molecule has 2 heterocycles. The molecule has 1 aliphatic rings. The van der Waals surface area contributed by atoms with Crippen molar-refractivity contribution in [1.82, 2.24) is 8.87 Å². The lowest BCUT2D eigenvalue weighted by molar-refractivity contribution is -0.121. The monoisotopic (exact) mass is 483 g/mol. The number of sulfonamides is 1. The zero-order valence-electron chi connectivity index (χ0n) is 16.1. The average Bonchev–Trinajstić information content (AvgIpc) is 3.32. The van der Waals surface area contributed by atoms with Crippen LogP contribution in [-0.2, 0) is 21.4 Å². The van der Waals surface area contributed by atoms with Gasteiger partial charge in [0, 0.05) is 23.1 Å². The van der Waals surface area contributed by atoms with Crippen molar-refractivity contribution in [2.45, 2.75) is 37.2 Å². The molecule has 1 aromatic heterocycles. The Morgan fingerprint density at radius 2 is 1.87 bits per heavy atom. The van der Waals surface area contributed by atoms with E-state index in [0.717, 1.165) is 10.2 Å². The molecule has 0 radical (unpaired) electrons. The number of thiazole rings is 1. The molecule has 2 aromatic carbocycles. The first-order chi connectivity index (χ1) is 14.3. The number of hydrogen-bond donors (Lipinski definition) is 0. The second kappa shape index (κ2) is 8.43. The molecule has 1 saturated heterocycles. The number of rotatable bonds is 4. The molecule has 1 atom stereocenters. The molecule has 1 unspecified atom stereocenters. The molecule has 6 nitrogen and oxygen atoms in total. The molecule has 0 aliphatic carbocycles. The molecular weight excluding hydrogens is 465 g/mol. The van der Waals surface area contributed by atoms with Crippen molar-refractivity contribution in [3.8, 4) is 0 Å². The minimum Gasteiger partial charge on any atom is -0.317 e. The second-order valence-electron chi connectivity index (χ2n) is 6.92. The van der Waals surface area contributed by atoms with Gasteiger partial charge in [-0.05, 0) is 62.2 Å². The van der Waals surface area contributed by atoms with E-state index in [1.807, 2.05) is 23.6 Å². The zero-order chi connectivity index (χ0) is 21.5. The van der Waals surface area contributed by atoms with E-state index in [1.54, 1.807) is 6.07 Å². The van der Waals surface area contributed by atoms with E-state index in [-0.39, 0.29) is 11.4 Å². The predicted molar refractivity (Wildman–Crippen MR) is 119 cm³/mol. The van der Waals surface area contributed by atoms with Crippen LogP contribution in [0.5, 0.6) is 0 Å². The summed E-state index contributed by atoms with van der Waals surface area (Å²) in [6.45, 7) is 2.88. The molecule has 0 saturated carbocycles. The van der Waals surface area contributed by atoms with Gasteiger partial charge in [-0.25, -0.2) is 8.42 Å². The normalized spacial score (nSPS) is 18.4. The van der Waals surface area contributed by atoms with Gasteiger partial charge in [-0.15, -0.1) is 0 Å². The molecule has 10 heteroatoms. The highest BCUT2D eigenvalue weighted by atomic mass is 35.5. The van der Waals surface area contributed by atoms with Gasteiger partial charge in [0.1, 0.15) is 6.04 Å². The fourth-order valence-corrected chi connectivity index (χ4v) is 6.78. The quantitative estimate of drug-likeness (QED) is 0.554. The van der Waals surface area contributed by atoms with Crippen molar-refractivity contribution in [2.75, 3.05) is 6.54 Å². The Balaban J connectivity index is 1.71. The summed E-state index contributed by atoms with van der Waals surface area (Å²) in [6, 6.07) is 10.7. The minimum atomic E-state index is -3.81. The lowest BCUT2D eigenvalue weighted by Gasteiger charge is -2.21. The largest absolute Gasteiger partial charge is 0.317 e. The van der Waals surface area contributed by atoms with Gasteiger partial charge >= 0.3 is 0 Å². The van der Waals surface area contributed by atoms with Crippen molar-refractivity contribution in [3.63, 3.8) is 0 Å². The third-order valence-corrected chi connectivity index (χ3v) is 8.53. The van der Waals surface area contributed by atoms with E-state index in [1.165, 1.54) is 39.9 Å². The topological polar surface area (TPSA) is 71.7 Å². The van der Waals surface area contributed by atoms with Gasteiger partial charge in [-0.2, -0.15) is 9.30 Å². The summed E-state index contributed by atoms with van der Waals surface area (Å²) in [6.07, 6.45) is 1.05. The van der Waals surface area contributed by atoms with Crippen LogP contribution in [0.25, 0.3) is 10.2 Å². The van der Waals surface area contributed by atoms with Crippen LogP contribution in [-0.4, -0.2) is 35.8 Å². The highest BCUT2D eigenvalue weighted by Gasteiger charge is 2.39. The number of aromatic nitrogens is 1. The molecule has 158 valence electrons. The summed E-state index contributed by atoms with van der Waals surface area (Å²) < 4.78 is 30.3. The molecule has 0 spiro atoms. The van der Waals surface area contributed by atoms with Crippen LogP contribution in [0.2, 0.25) is 10.0 Å². The van der Waals surface area contributed by atoms with Crippen molar-refractivity contribution < 1.29 is 13.2 Å². The lowest BCUT2D eigenvalue weighted by atomic mass is 10.2. The van der Waals surface area contributed by atoms with Crippen LogP contribution in [0.4, 0.5) is 0 Å². The number of halogens is 2. The number of fused-ring (bicyclic) bond motifs is 1. The number of benzene rings is 2. The van der Waals surface area contributed by atoms with Crippen molar-refractivity contribution >= 4 is 60.7 Å². The Labute approximate surface area is 188 Å². The molecule has 0 N–H and O–H groups in total. The maximum atomic E-state index is 13.1. The van der Waals surface area contributed by atoms with Crippen LogP contribution in [0.3, 0.4) is 0 Å². The average molecular weight is 484 g/mol. The van der Waals surface area contributed by atoms with E-state index < -0.39 is 22.0 Å². The summed E-state index contributed by atoms with van der Waals surface area (Å²) >= 11 is 13.3. The van der Waals surface area contributed by atoms with Gasteiger partial charge in [0.25, 0.3) is 5.91 Å². The first-order valence-corrected chi connectivity index (χ1v) is 12.5. The first kappa shape index (κ1) is 21.5. The number of carbonyl (C=O) groups excluding carboxylic acids is 1. The van der Waals surface area contributed by atoms with Gasteiger partial charge in [0.2, 0.25) is 10.0 Å². The summed E-state index contributed by atoms with van der Waals surface area (Å²) in [7, 11) is -3.81. The molecule has 1 aliphatic heterocycles. The summed E-state index contributed by atoms with van der Waals surface area (Å²) in [5.41, 5.74) is 0.940. The Morgan fingerprint density at radius 3 is 2.57 bits per heavy atom. The highest BCUT2D eigenvalue weighted by Crippen LogP contribution is 2.28. The van der Waals surface area contributed by atoms with E-state index in [0.29, 0.717) is 34.2 Å². The van der Waals surface area contributed by atoms with Gasteiger partial charge in [-0.3, -0.25) is 4.79 Å². The summed E-state index contributed by atoms with van der Waals surface area (Å²) in [4.78, 5) is 18.0. The molecule has 4 rings (SSSR count). The molecule has 1 fully saturated rings. The SMILES string of the molecule is CCn1c(=NC(=O)C2CCCN2S(=O)(=O)c2ccc(Cl)cc2)sc2cc(Cl)ccc21. The van der Waals surface area contributed by atoms with Gasteiger partial charge in [0.15, 0.2) is 4.80 Å². The van der Waals surface area contributed by atoms with Gasteiger partial charge < -0.3 is 4.57 Å². The zero-order valence-corrected chi connectivity index (χ0v) is 19.2. The molecular formula is C20H19Cl2N3O3S2. The smallest absolute Gasteiger partial charge is 0.266 e. The van der Waals surface area contributed by atoms with Crippen LogP contribution in [0, 0.1) is 0 Å². The van der Waals surface area contributed by atoms with Crippen molar-refractivity contribution in [2.24, 2.45) is 4.99 Å². The maximum Gasteiger partial charge on any atom is 0.266 e. The fourth-order valence-electron chi connectivity index (χ4n) is 3.62. The van der Waals surface area contributed by atoms with Gasteiger partial charge in [-0.1, -0.05) is 34.5 Å². The Morgan fingerprint density at radius 1 is 1.17 bits per heavy atom. The fraction of sp³-hybridized carbons (Fsp3) is 0.300. The number of nitrogens with zero attached hydrogens (tertiary/aromatic N) is 3. The number of amides is 1. The highest BCUT2D eigenvalue weighted by molar-refractivity contribution is 7.89. The minimum absolute atomic E-state index is 0.117. The Hall–Kier alpha value is -1.71. The van der Waals surface area contributed by atoms with Crippen LogP contribution < -0.4 is 4.80 Å². The standard InChI is InChI=1S/C20H19Cl2N3O3S2/c1-2-24-16-10-7-14(22)12-18(16)29-20(24)23-19(26)17-4-3-11-25(17)30(27,28)15-8-5-13(21)6-9-15/h5-10,12,17H,2-4,11H2,1H3. The van der Waals surface area contributed by atoms with E-state index in [4.69, 9.17) is 23.2 Å². The van der Waals surface area contributed by atoms with Crippen LogP contribution >= 0.6 is 34.5 Å². The second-order valence-corrected chi connectivity index (χ2v) is 10.7. The van der Waals surface area contributed by atoms with E-state index in [2.05, 4.69) is 4.99 Å².